The van der Waals surface area contributed by atoms with E-state index in [1.165, 1.54) is 11.1 Å². The molecule has 0 aliphatic rings. The predicted octanol–water partition coefficient (Wildman–Crippen LogP) is 5.35. The van der Waals surface area contributed by atoms with Crippen molar-refractivity contribution in [2.45, 2.75) is 39.3 Å². The fraction of sp³-hybridized carbons (Fsp3) is 0.240. The zero-order valence-electron chi connectivity index (χ0n) is 17.6. The third-order valence-electron chi connectivity index (χ3n) is 4.95. The molecule has 0 saturated carbocycles. The second-order valence-corrected chi connectivity index (χ2v) is 7.48. The number of benzene rings is 2. The lowest BCUT2D eigenvalue weighted by Crippen LogP contribution is -1.99. The molecule has 0 unspecified atom stereocenters. The summed E-state index contributed by atoms with van der Waals surface area (Å²) >= 11 is 0. The van der Waals surface area contributed by atoms with Crippen LogP contribution >= 0.6 is 0 Å². The highest BCUT2D eigenvalue weighted by Crippen LogP contribution is 2.16. The molecule has 0 fully saturated rings. The van der Waals surface area contributed by atoms with Gasteiger partial charge in [0.25, 0.3) is 0 Å². The van der Waals surface area contributed by atoms with E-state index in [4.69, 9.17) is 9.15 Å². The molecule has 2 aromatic heterocycles. The minimum Gasteiger partial charge on any atom is -0.487 e. The predicted molar refractivity (Wildman–Crippen MR) is 120 cm³/mol. The van der Waals surface area contributed by atoms with Crippen LogP contribution in [0.15, 0.2) is 71.6 Å². The van der Waals surface area contributed by atoms with Crippen molar-refractivity contribution in [3.8, 4) is 5.75 Å². The summed E-state index contributed by atoms with van der Waals surface area (Å²) in [5.41, 5.74) is 4.42. The number of ether oxygens (including phenoxy) is 1. The first kappa shape index (κ1) is 20.6. The standard InChI is InChI=1S/C25H26N4O2/c1-20-5-7-22(8-6-20)11-14-25-27-23(19-31-25)18-30-24-12-9-21(10-13-24)4-2-3-16-29-17-15-26-28-29/h5-15,17,19H,2-4,16,18H2,1H3. The van der Waals surface area contributed by atoms with Crippen LogP contribution in [0.2, 0.25) is 0 Å². The van der Waals surface area contributed by atoms with Crippen LogP contribution in [-0.4, -0.2) is 20.0 Å². The SMILES string of the molecule is Cc1ccc(C=Cc2nc(COc3ccc(CCCCn4ccnn4)cc3)co2)cc1. The summed E-state index contributed by atoms with van der Waals surface area (Å²) in [5, 5.41) is 7.80. The quantitative estimate of drug-likeness (QED) is 0.327. The molecule has 0 spiro atoms. The number of rotatable bonds is 10. The van der Waals surface area contributed by atoms with Crippen LogP contribution < -0.4 is 4.74 Å². The molecule has 0 saturated heterocycles. The fourth-order valence-electron chi connectivity index (χ4n) is 3.18. The number of unbranched alkanes of at least 4 members (excludes halogenated alkanes) is 1. The Balaban J connectivity index is 1.20. The molecule has 0 aliphatic carbocycles. The lowest BCUT2D eigenvalue weighted by molar-refractivity contribution is 0.301. The van der Waals surface area contributed by atoms with E-state index >= 15 is 0 Å². The maximum absolute atomic E-state index is 5.85. The van der Waals surface area contributed by atoms with Crippen molar-refractivity contribution in [2.75, 3.05) is 0 Å². The van der Waals surface area contributed by atoms with Crippen LogP contribution in [0, 0.1) is 6.92 Å². The summed E-state index contributed by atoms with van der Waals surface area (Å²) in [5.74, 6) is 1.39. The summed E-state index contributed by atoms with van der Waals surface area (Å²) in [6.45, 7) is 3.35. The van der Waals surface area contributed by atoms with Gasteiger partial charge in [-0.2, -0.15) is 0 Å². The van der Waals surface area contributed by atoms with E-state index in [0.29, 0.717) is 12.5 Å². The molecular weight excluding hydrogens is 388 g/mol. The number of aromatic nitrogens is 4. The van der Waals surface area contributed by atoms with Gasteiger partial charge in [-0.1, -0.05) is 47.2 Å². The smallest absolute Gasteiger partial charge is 0.218 e. The Morgan fingerprint density at radius 3 is 2.61 bits per heavy atom. The van der Waals surface area contributed by atoms with Gasteiger partial charge in [0.05, 0.1) is 6.20 Å². The Morgan fingerprint density at radius 2 is 1.84 bits per heavy atom. The fourth-order valence-corrected chi connectivity index (χ4v) is 3.18. The van der Waals surface area contributed by atoms with Gasteiger partial charge in [0.1, 0.15) is 24.3 Å². The first-order valence-electron chi connectivity index (χ1n) is 10.5. The largest absolute Gasteiger partial charge is 0.487 e. The Labute approximate surface area is 182 Å². The Kier molecular flexibility index (Phi) is 6.90. The zero-order valence-corrected chi connectivity index (χ0v) is 17.6. The van der Waals surface area contributed by atoms with E-state index in [-0.39, 0.29) is 0 Å². The maximum Gasteiger partial charge on any atom is 0.218 e. The minimum atomic E-state index is 0.374. The average molecular weight is 415 g/mol. The summed E-state index contributed by atoms with van der Waals surface area (Å²) in [4.78, 5) is 4.46. The van der Waals surface area contributed by atoms with Crippen molar-refractivity contribution < 1.29 is 9.15 Å². The summed E-state index contributed by atoms with van der Waals surface area (Å²) in [6.07, 6.45) is 12.3. The average Bonchev–Trinajstić information content (AvgIpc) is 3.48. The van der Waals surface area contributed by atoms with Crippen LogP contribution in [-0.2, 0) is 19.6 Å². The number of hydrogen-bond acceptors (Lipinski definition) is 5. The minimum absolute atomic E-state index is 0.374. The van der Waals surface area contributed by atoms with Gasteiger partial charge in [-0.05, 0) is 55.5 Å². The molecule has 6 heteroatoms. The Morgan fingerprint density at radius 1 is 1.00 bits per heavy atom. The summed E-state index contributed by atoms with van der Waals surface area (Å²) in [7, 11) is 0. The van der Waals surface area contributed by atoms with Crippen molar-refractivity contribution in [3.05, 3.63) is 95.5 Å². The molecule has 0 bridgehead atoms. The molecule has 158 valence electrons. The molecule has 0 radical (unpaired) electrons. The molecule has 4 rings (SSSR count). The van der Waals surface area contributed by atoms with Crippen LogP contribution in [0.3, 0.4) is 0 Å². The third-order valence-corrected chi connectivity index (χ3v) is 4.95. The van der Waals surface area contributed by atoms with E-state index in [1.807, 2.05) is 35.2 Å². The highest BCUT2D eigenvalue weighted by atomic mass is 16.5. The van der Waals surface area contributed by atoms with Gasteiger partial charge in [-0.15, -0.1) is 5.10 Å². The van der Waals surface area contributed by atoms with Gasteiger partial charge < -0.3 is 9.15 Å². The van der Waals surface area contributed by atoms with E-state index < -0.39 is 0 Å². The molecule has 4 aromatic rings. The van der Waals surface area contributed by atoms with E-state index in [2.05, 4.69) is 58.6 Å². The lowest BCUT2D eigenvalue weighted by atomic mass is 10.1. The van der Waals surface area contributed by atoms with Gasteiger partial charge in [0.2, 0.25) is 5.89 Å². The van der Waals surface area contributed by atoms with Crippen LogP contribution in [0.25, 0.3) is 12.2 Å². The molecule has 0 N–H and O–H groups in total. The van der Waals surface area contributed by atoms with Gasteiger partial charge in [-0.25, -0.2) is 4.98 Å². The molecule has 2 heterocycles. The molecule has 0 aliphatic heterocycles. The molecule has 0 amide bonds. The number of oxazole rings is 1. The molecular formula is C25H26N4O2. The monoisotopic (exact) mass is 414 g/mol. The third kappa shape index (κ3) is 6.40. The van der Waals surface area contributed by atoms with Gasteiger partial charge in [0.15, 0.2) is 0 Å². The second-order valence-electron chi connectivity index (χ2n) is 7.48. The number of aryl methyl sites for hydroxylation is 3. The Hall–Kier alpha value is -3.67. The van der Waals surface area contributed by atoms with E-state index in [0.717, 1.165) is 42.8 Å². The number of nitrogens with zero attached hydrogens (tertiary/aromatic N) is 4. The molecule has 31 heavy (non-hydrogen) atoms. The van der Waals surface area contributed by atoms with Crippen LogP contribution in [0.5, 0.6) is 5.75 Å². The first-order chi connectivity index (χ1) is 15.2. The highest BCUT2D eigenvalue weighted by molar-refractivity contribution is 5.66. The van der Waals surface area contributed by atoms with E-state index in [9.17, 15) is 0 Å². The normalized spacial score (nSPS) is 11.3. The van der Waals surface area contributed by atoms with Crippen molar-refractivity contribution in [1.29, 1.82) is 0 Å². The summed E-state index contributed by atoms with van der Waals surface area (Å²) < 4.78 is 13.2. The lowest BCUT2D eigenvalue weighted by Gasteiger charge is -2.06. The van der Waals surface area contributed by atoms with Gasteiger partial charge >= 0.3 is 0 Å². The second kappa shape index (κ2) is 10.4. The maximum atomic E-state index is 5.85. The van der Waals surface area contributed by atoms with Crippen molar-refractivity contribution >= 4 is 12.2 Å². The van der Waals surface area contributed by atoms with Crippen molar-refractivity contribution in [1.82, 2.24) is 20.0 Å². The molecule has 2 aromatic carbocycles. The molecule has 0 atom stereocenters. The topological polar surface area (TPSA) is 66.0 Å². The zero-order chi connectivity index (χ0) is 21.3. The van der Waals surface area contributed by atoms with Crippen molar-refractivity contribution in [2.24, 2.45) is 0 Å². The first-order valence-corrected chi connectivity index (χ1v) is 10.5. The van der Waals surface area contributed by atoms with Crippen LogP contribution in [0.1, 0.15) is 41.1 Å². The van der Waals surface area contributed by atoms with Gasteiger partial charge in [0, 0.05) is 18.8 Å². The number of hydrogen-bond donors (Lipinski definition) is 0. The van der Waals surface area contributed by atoms with E-state index in [1.54, 1.807) is 12.5 Å². The van der Waals surface area contributed by atoms with Crippen LogP contribution in [0.4, 0.5) is 0 Å². The van der Waals surface area contributed by atoms with Gasteiger partial charge in [-0.3, -0.25) is 4.68 Å². The Bertz CT molecular complexity index is 1080. The van der Waals surface area contributed by atoms with Crippen molar-refractivity contribution in [3.63, 3.8) is 0 Å². The summed E-state index contributed by atoms with van der Waals surface area (Å²) in [6, 6.07) is 16.5. The molecule has 6 nitrogen and oxygen atoms in total. The highest BCUT2D eigenvalue weighted by Gasteiger charge is 2.03.